The van der Waals surface area contributed by atoms with Crippen LogP contribution in [0.25, 0.3) is 27.8 Å². The molecule has 0 fully saturated rings. The van der Waals surface area contributed by atoms with E-state index in [0.717, 1.165) is 24.3 Å². The normalized spacial score (nSPS) is 11.0. The minimum atomic E-state index is -5.44. The molecule has 4 aromatic carbocycles. The van der Waals surface area contributed by atoms with E-state index in [0.29, 0.717) is 24.3 Å². The molecule has 0 aliphatic carbocycles. The number of rotatable bonds is 6. The summed E-state index contributed by atoms with van der Waals surface area (Å²) >= 11 is 0. The fourth-order valence-electron chi connectivity index (χ4n) is 4.52. The first-order chi connectivity index (χ1) is 22.5. The summed E-state index contributed by atoms with van der Waals surface area (Å²) in [7, 11) is 0. The summed E-state index contributed by atoms with van der Waals surface area (Å²) in [4.78, 5) is 0. The van der Waals surface area contributed by atoms with E-state index in [1.54, 1.807) is 24.3 Å². The van der Waals surface area contributed by atoms with Gasteiger partial charge in [0.15, 0.2) is 23.3 Å². The van der Waals surface area contributed by atoms with Gasteiger partial charge in [-0.15, -0.1) is 26.3 Å². The Morgan fingerprint density at radius 2 is 0.854 bits per heavy atom. The van der Waals surface area contributed by atoms with Crippen molar-refractivity contribution < 1.29 is 53.4 Å². The highest BCUT2D eigenvalue weighted by atomic mass is 19.4. The number of halogens is 10. The zero-order valence-corrected chi connectivity index (χ0v) is 23.2. The van der Waals surface area contributed by atoms with Crippen molar-refractivity contribution in [2.24, 2.45) is 0 Å². The molecule has 4 rings (SSSR count). The molecule has 0 aliphatic rings. The quantitative estimate of drug-likeness (QED) is 0.149. The number of nitrogens with zero attached hydrogens (tertiary/aromatic N) is 4. The van der Waals surface area contributed by atoms with Crippen molar-refractivity contribution in [1.82, 2.24) is 0 Å². The summed E-state index contributed by atoms with van der Waals surface area (Å²) < 4.78 is 141. The first-order valence-corrected chi connectivity index (χ1v) is 12.6. The van der Waals surface area contributed by atoms with Crippen molar-refractivity contribution >= 4 is 5.57 Å². The van der Waals surface area contributed by atoms with Gasteiger partial charge in [-0.3, -0.25) is 0 Å². The summed E-state index contributed by atoms with van der Waals surface area (Å²) in [6, 6.07) is 15.2. The van der Waals surface area contributed by atoms with Gasteiger partial charge in [-0.2, -0.15) is 21.0 Å². The molecule has 0 heterocycles. The van der Waals surface area contributed by atoms with E-state index < -0.39 is 64.2 Å². The highest BCUT2D eigenvalue weighted by molar-refractivity contribution is 5.91. The number of alkyl halides is 6. The number of hydrogen-bond acceptors (Lipinski definition) is 6. The van der Waals surface area contributed by atoms with Crippen molar-refractivity contribution in [2.75, 3.05) is 0 Å². The maximum atomic E-state index is 14.6. The predicted molar refractivity (Wildman–Crippen MR) is 144 cm³/mol. The fraction of sp³-hybridized carbons (Fsp3) is 0.0625. The monoisotopic (exact) mass is 672 g/mol. The molecule has 0 saturated heterocycles. The van der Waals surface area contributed by atoms with Crippen LogP contribution in [0.3, 0.4) is 0 Å². The maximum absolute atomic E-state index is 14.6. The fourth-order valence-corrected chi connectivity index (χ4v) is 4.52. The van der Waals surface area contributed by atoms with Gasteiger partial charge in [0.05, 0.1) is 23.3 Å². The van der Waals surface area contributed by atoms with E-state index in [-0.39, 0.29) is 39.0 Å². The average Bonchev–Trinajstić information content (AvgIpc) is 3.01. The van der Waals surface area contributed by atoms with Gasteiger partial charge in [0.1, 0.15) is 17.7 Å². The van der Waals surface area contributed by atoms with Crippen molar-refractivity contribution in [1.29, 1.82) is 21.0 Å². The molecule has 0 spiro atoms. The molecule has 0 radical (unpaired) electrons. The second-order valence-electron chi connectivity index (χ2n) is 9.35. The lowest BCUT2D eigenvalue weighted by Gasteiger charge is -2.16. The third kappa shape index (κ3) is 7.30. The minimum absolute atomic E-state index is 0.0968. The van der Waals surface area contributed by atoms with Crippen LogP contribution in [0.2, 0.25) is 0 Å². The third-order valence-electron chi connectivity index (χ3n) is 6.39. The van der Waals surface area contributed by atoms with E-state index >= 15 is 0 Å². The van der Waals surface area contributed by atoms with Crippen molar-refractivity contribution in [3.05, 3.63) is 112 Å². The van der Waals surface area contributed by atoms with E-state index in [4.69, 9.17) is 0 Å². The molecule has 6 nitrogen and oxygen atoms in total. The Hall–Kier alpha value is -6.52. The molecular formula is C32H10F10N4O2. The Morgan fingerprint density at radius 1 is 0.521 bits per heavy atom. The van der Waals surface area contributed by atoms with Gasteiger partial charge in [-0.05, 0) is 70.8 Å². The van der Waals surface area contributed by atoms with Crippen LogP contribution in [0.1, 0.15) is 22.3 Å². The second-order valence-corrected chi connectivity index (χ2v) is 9.35. The van der Waals surface area contributed by atoms with Crippen molar-refractivity contribution in [3.63, 3.8) is 0 Å². The largest absolute Gasteiger partial charge is 0.573 e. The van der Waals surface area contributed by atoms with Gasteiger partial charge >= 0.3 is 12.7 Å². The molecule has 0 aliphatic heterocycles. The SMILES string of the molecule is N#CC(C#N)=C(c1ccc(C#N)c(-c2cc(F)c(OC(F)(F)F)c(F)c2)c1)c1ccc(C#N)c(-c2cc(F)c(OC(F)(F)F)c(F)c2)c1. The van der Waals surface area contributed by atoms with Crippen LogP contribution in [0.5, 0.6) is 11.5 Å². The summed E-state index contributed by atoms with van der Waals surface area (Å²) in [5.74, 6) is -10.7. The second kappa shape index (κ2) is 13.1. The van der Waals surface area contributed by atoms with Crippen LogP contribution in [-0.2, 0) is 0 Å². The number of allylic oxidation sites excluding steroid dienone is 1. The average molecular weight is 672 g/mol. The summed E-state index contributed by atoms with van der Waals surface area (Å²) in [6.07, 6.45) is -10.9. The zero-order chi connectivity index (χ0) is 35.6. The molecule has 4 aromatic rings. The molecule has 0 bridgehead atoms. The van der Waals surface area contributed by atoms with Crippen molar-refractivity contribution in [3.8, 4) is 58.0 Å². The Bertz CT molecular complexity index is 1970. The molecule has 240 valence electrons. The number of nitriles is 4. The van der Waals surface area contributed by atoms with E-state index in [1.807, 2.05) is 0 Å². The van der Waals surface area contributed by atoms with E-state index in [9.17, 15) is 65.0 Å². The van der Waals surface area contributed by atoms with Crippen LogP contribution < -0.4 is 9.47 Å². The third-order valence-corrected chi connectivity index (χ3v) is 6.39. The van der Waals surface area contributed by atoms with E-state index in [1.165, 1.54) is 12.1 Å². The van der Waals surface area contributed by atoms with Crippen LogP contribution >= 0.6 is 0 Å². The summed E-state index contributed by atoms with van der Waals surface area (Å²) in [5.41, 5.74) is -3.07. The predicted octanol–water partition coefficient (Wildman–Crippen LogP) is 8.97. The zero-order valence-electron chi connectivity index (χ0n) is 23.2. The molecular weight excluding hydrogens is 662 g/mol. The van der Waals surface area contributed by atoms with Gasteiger partial charge in [-0.25, -0.2) is 17.6 Å². The number of ether oxygens (including phenoxy) is 2. The Labute approximate surface area is 262 Å². The number of benzene rings is 4. The van der Waals surface area contributed by atoms with Gasteiger partial charge in [0, 0.05) is 16.7 Å². The lowest BCUT2D eigenvalue weighted by atomic mass is 9.87. The smallest absolute Gasteiger partial charge is 0.399 e. The van der Waals surface area contributed by atoms with Crippen LogP contribution in [0.15, 0.2) is 66.2 Å². The molecule has 16 heteroatoms. The summed E-state index contributed by atoms with van der Waals surface area (Å²) in [5, 5.41) is 38.7. The maximum Gasteiger partial charge on any atom is 0.573 e. The molecule has 0 amide bonds. The first-order valence-electron chi connectivity index (χ1n) is 12.6. The topological polar surface area (TPSA) is 114 Å². The highest BCUT2D eigenvalue weighted by Gasteiger charge is 2.35. The Balaban J connectivity index is 1.94. The highest BCUT2D eigenvalue weighted by Crippen LogP contribution is 2.39. The lowest BCUT2D eigenvalue weighted by Crippen LogP contribution is -2.19. The molecule has 0 saturated carbocycles. The summed E-state index contributed by atoms with van der Waals surface area (Å²) in [6.45, 7) is 0. The molecule has 0 aromatic heterocycles. The minimum Gasteiger partial charge on any atom is -0.399 e. The molecule has 0 atom stereocenters. The Kier molecular flexibility index (Phi) is 9.35. The van der Waals surface area contributed by atoms with Crippen LogP contribution in [0.4, 0.5) is 43.9 Å². The Morgan fingerprint density at radius 3 is 1.12 bits per heavy atom. The molecule has 48 heavy (non-hydrogen) atoms. The van der Waals surface area contributed by atoms with Crippen LogP contribution in [0, 0.1) is 68.6 Å². The van der Waals surface area contributed by atoms with Crippen molar-refractivity contribution in [2.45, 2.75) is 12.7 Å². The lowest BCUT2D eigenvalue weighted by molar-refractivity contribution is -0.277. The van der Waals surface area contributed by atoms with Gasteiger partial charge in [0.2, 0.25) is 11.5 Å². The number of hydrogen-bond donors (Lipinski definition) is 0. The molecule has 0 unspecified atom stereocenters. The first kappa shape index (κ1) is 34.4. The van der Waals surface area contributed by atoms with E-state index in [2.05, 4.69) is 9.47 Å². The van der Waals surface area contributed by atoms with Crippen LogP contribution in [-0.4, -0.2) is 12.7 Å². The van der Waals surface area contributed by atoms with Gasteiger partial charge in [0.25, 0.3) is 0 Å². The molecule has 0 N–H and O–H groups in total. The van der Waals surface area contributed by atoms with Gasteiger partial charge in [-0.1, -0.05) is 12.1 Å². The standard InChI is InChI=1S/C32H10F10N4O2/c33-24-7-19(8-25(34)29(24)47-31(37,38)39)22-5-15(1-3-17(22)11-43)28(21(13-45)14-46)16-2-4-18(12-44)23(6-16)20-9-26(35)30(27(36)10-20)48-32(40,41)42/h1-10H. The van der Waals surface area contributed by atoms with Gasteiger partial charge < -0.3 is 9.47 Å².